The van der Waals surface area contributed by atoms with Crippen LogP contribution in [0.1, 0.15) is 25.3 Å². The van der Waals surface area contributed by atoms with Gasteiger partial charge in [0.2, 0.25) is 0 Å². The van der Waals surface area contributed by atoms with Gasteiger partial charge in [0, 0.05) is 35.7 Å². The molecule has 3 heteroatoms. The molecule has 1 aliphatic carbocycles. The zero-order valence-corrected chi connectivity index (χ0v) is 13.8. The van der Waals surface area contributed by atoms with Gasteiger partial charge in [0.15, 0.2) is 0 Å². The van der Waals surface area contributed by atoms with E-state index in [-0.39, 0.29) is 5.41 Å². The van der Waals surface area contributed by atoms with E-state index in [0.29, 0.717) is 12.0 Å². The summed E-state index contributed by atoms with van der Waals surface area (Å²) < 4.78 is 1.13. The Morgan fingerprint density at radius 3 is 2.96 bits per heavy atom. The standard InChI is InChI=1S/C20H22N2O/c1-3-13-11-22(2)9-8-20-16-6-4-5-7-17(16)21-19(20)15(12-23)14(13)10-18(20)22/h3-7,12,14,18H,8-11H2,1-2H3/p+1/b13-3-/t14-,18+,20+,22+/m0/s1. The van der Waals surface area contributed by atoms with Crippen molar-refractivity contribution in [3.63, 3.8) is 0 Å². The Kier molecular flexibility index (Phi) is 2.45. The molecule has 1 aromatic rings. The van der Waals surface area contributed by atoms with E-state index in [0.717, 1.165) is 35.7 Å². The Hall–Kier alpha value is -1.87. The average molecular weight is 307 g/mol. The lowest BCUT2D eigenvalue weighted by atomic mass is 9.61. The molecule has 4 aliphatic rings. The molecule has 3 nitrogen and oxygen atoms in total. The highest BCUT2D eigenvalue weighted by Gasteiger charge is 2.67. The van der Waals surface area contributed by atoms with Gasteiger partial charge in [0.25, 0.3) is 0 Å². The van der Waals surface area contributed by atoms with Crippen molar-refractivity contribution in [2.75, 3.05) is 25.5 Å². The second-order valence-corrected chi connectivity index (χ2v) is 7.87. The molecular formula is C20H23N2O+. The molecule has 2 fully saturated rings. The number of anilines is 1. The third-order valence-corrected chi connectivity index (χ3v) is 7.06. The number of aldehydes is 1. The fraction of sp³-hybridized carbons (Fsp3) is 0.450. The van der Waals surface area contributed by atoms with Crippen molar-refractivity contribution in [2.24, 2.45) is 5.92 Å². The summed E-state index contributed by atoms with van der Waals surface area (Å²) in [7, 11) is 2.42. The summed E-state index contributed by atoms with van der Waals surface area (Å²) in [6, 6.07) is 9.27. The van der Waals surface area contributed by atoms with Crippen LogP contribution in [-0.2, 0) is 10.2 Å². The lowest BCUT2D eigenvalue weighted by molar-refractivity contribution is -0.923. The Labute approximate surface area is 137 Å². The van der Waals surface area contributed by atoms with Crippen molar-refractivity contribution in [3.05, 3.63) is 52.7 Å². The summed E-state index contributed by atoms with van der Waals surface area (Å²) in [6.07, 6.45) is 5.65. The first kappa shape index (κ1) is 13.6. The van der Waals surface area contributed by atoms with Gasteiger partial charge in [-0.15, -0.1) is 0 Å². The molecule has 2 bridgehead atoms. The summed E-state index contributed by atoms with van der Waals surface area (Å²) in [5.74, 6) is 0.316. The van der Waals surface area contributed by atoms with E-state index in [2.05, 4.69) is 49.6 Å². The fourth-order valence-electron chi connectivity index (χ4n) is 6.07. The summed E-state index contributed by atoms with van der Waals surface area (Å²) in [5.41, 5.74) is 6.35. The number of nitrogens with zero attached hydrogens (tertiary/aromatic N) is 1. The highest BCUT2D eigenvalue weighted by atomic mass is 16.1. The van der Waals surface area contributed by atoms with Crippen molar-refractivity contribution < 1.29 is 9.28 Å². The van der Waals surface area contributed by atoms with Gasteiger partial charge in [0.1, 0.15) is 18.9 Å². The van der Waals surface area contributed by atoms with E-state index in [4.69, 9.17) is 0 Å². The number of allylic oxidation sites excluding steroid dienone is 2. The summed E-state index contributed by atoms with van der Waals surface area (Å²) in [4.78, 5) is 12.0. The number of rotatable bonds is 1. The minimum absolute atomic E-state index is 0.0390. The number of hydrogen-bond acceptors (Lipinski definition) is 2. The third kappa shape index (κ3) is 1.38. The van der Waals surface area contributed by atoms with Crippen LogP contribution in [0, 0.1) is 5.92 Å². The minimum atomic E-state index is 0.0390. The molecule has 5 rings (SSSR count). The zero-order valence-electron chi connectivity index (χ0n) is 13.8. The Morgan fingerprint density at radius 2 is 2.17 bits per heavy atom. The van der Waals surface area contributed by atoms with Crippen LogP contribution in [0.4, 0.5) is 5.69 Å². The predicted molar refractivity (Wildman–Crippen MR) is 91.0 cm³/mol. The molecule has 23 heavy (non-hydrogen) atoms. The van der Waals surface area contributed by atoms with Gasteiger partial charge in [-0.05, 0) is 24.1 Å². The molecule has 3 heterocycles. The monoisotopic (exact) mass is 307 g/mol. The van der Waals surface area contributed by atoms with Gasteiger partial charge in [-0.2, -0.15) is 0 Å². The number of quaternary nitrogens is 1. The van der Waals surface area contributed by atoms with Crippen molar-refractivity contribution in [3.8, 4) is 0 Å². The van der Waals surface area contributed by atoms with Crippen molar-refractivity contribution in [1.29, 1.82) is 0 Å². The van der Waals surface area contributed by atoms with E-state index in [1.54, 1.807) is 0 Å². The van der Waals surface area contributed by atoms with Crippen molar-refractivity contribution >= 4 is 12.0 Å². The normalized spacial score (nSPS) is 41.6. The third-order valence-electron chi connectivity index (χ3n) is 7.06. The van der Waals surface area contributed by atoms with Crippen molar-refractivity contribution in [2.45, 2.75) is 31.2 Å². The summed E-state index contributed by atoms with van der Waals surface area (Å²) >= 11 is 0. The topological polar surface area (TPSA) is 29.1 Å². The molecular weight excluding hydrogens is 284 g/mol. The molecule has 3 aliphatic heterocycles. The number of para-hydroxylation sites is 1. The van der Waals surface area contributed by atoms with E-state index < -0.39 is 0 Å². The van der Waals surface area contributed by atoms with Crippen LogP contribution in [0.3, 0.4) is 0 Å². The number of carbonyl (C=O) groups is 1. The largest absolute Gasteiger partial charge is 0.357 e. The van der Waals surface area contributed by atoms with E-state index >= 15 is 0 Å². The van der Waals surface area contributed by atoms with E-state index in [9.17, 15) is 4.79 Å². The number of nitrogens with one attached hydrogen (secondary N) is 1. The van der Waals surface area contributed by atoms with Gasteiger partial charge >= 0.3 is 0 Å². The van der Waals surface area contributed by atoms with Crippen molar-refractivity contribution in [1.82, 2.24) is 0 Å². The Balaban J connectivity index is 1.85. The quantitative estimate of drug-likeness (QED) is 0.491. The van der Waals surface area contributed by atoms with Crippen LogP contribution in [0.25, 0.3) is 0 Å². The molecule has 4 atom stereocenters. The molecule has 0 amide bonds. The van der Waals surface area contributed by atoms with E-state index in [1.165, 1.54) is 29.1 Å². The highest BCUT2D eigenvalue weighted by Crippen LogP contribution is 2.62. The first-order valence-corrected chi connectivity index (χ1v) is 8.70. The van der Waals surface area contributed by atoms with Crippen LogP contribution in [-0.4, -0.2) is 36.9 Å². The number of likely N-dealkylation sites (N-methyl/N-ethyl adjacent to an activating group) is 1. The van der Waals surface area contributed by atoms with Gasteiger partial charge in [-0.1, -0.05) is 24.3 Å². The SMILES string of the molecule is C/C=C1/C[N@@+]2(C)CC[C@]34C(=C(C=O)[C@H]1C[C@H]32)Nc1ccccc14. The smallest absolute Gasteiger partial charge is 0.148 e. The lowest BCUT2D eigenvalue weighted by Gasteiger charge is -2.51. The maximum atomic E-state index is 12.0. The maximum Gasteiger partial charge on any atom is 0.148 e. The number of hydrogen-bond donors (Lipinski definition) is 1. The molecule has 0 radical (unpaired) electrons. The summed E-state index contributed by atoms with van der Waals surface area (Å²) in [5, 5.41) is 3.66. The zero-order chi connectivity index (χ0) is 15.8. The molecule has 1 aromatic carbocycles. The highest BCUT2D eigenvalue weighted by molar-refractivity contribution is 5.84. The average Bonchev–Trinajstić information content (AvgIpc) is 3.08. The first-order chi connectivity index (χ1) is 11.1. The van der Waals surface area contributed by atoms with Gasteiger partial charge in [0.05, 0.1) is 19.0 Å². The lowest BCUT2D eigenvalue weighted by Crippen LogP contribution is -2.61. The second-order valence-electron chi connectivity index (χ2n) is 7.87. The molecule has 2 saturated heterocycles. The van der Waals surface area contributed by atoms with Gasteiger partial charge in [-0.3, -0.25) is 4.79 Å². The van der Waals surface area contributed by atoms with Gasteiger partial charge < -0.3 is 9.80 Å². The first-order valence-electron chi connectivity index (χ1n) is 8.70. The summed E-state index contributed by atoms with van der Waals surface area (Å²) in [6.45, 7) is 4.42. The number of benzene rings is 1. The molecule has 1 N–H and O–H groups in total. The predicted octanol–water partition coefficient (Wildman–Crippen LogP) is 3.00. The molecule has 0 unspecified atom stereocenters. The van der Waals surface area contributed by atoms with Crippen LogP contribution >= 0.6 is 0 Å². The second kappa shape index (κ2) is 4.15. The molecule has 0 saturated carbocycles. The number of fused-ring (bicyclic) bond motifs is 2. The maximum absolute atomic E-state index is 12.0. The fourth-order valence-corrected chi connectivity index (χ4v) is 6.07. The molecule has 0 aromatic heterocycles. The number of carbonyl (C=O) groups excluding carboxylic acids is 1. The van der Waals surface area contributed by atoms with Crippen LogP contribution in [0.5, 0.6) is 0 Å². The molecule has 118 valence electrons. The van der Waals surface area contributed by atoms with Crippen LogP contribution < -0.4 is 5.32 Å². The Morgan fingerprint density at radius 1 is 1.35 bits per heavy atom. The Bertz CT molecular complexity index is 793. The molecule has 1 spiro atoms. The van der Waals surface area contributed by atoms with E-state index in [1.807, 2.05) is 0 Å². The minimum Gasteiger partial charge on any atom is -0.357 e. The number of piperidine rings is 1. The van der Waals surface area contributed by atoms with Crippen LogP contribution in [0.15, 0.2) is 47.2 Å². The van der Waals surface area contributed by atoms with Gasteiger partial charge in [-0.25, -0.2) is 0 Å². The van der Waals surface area contributed by atoms with Crippen LogP contribution in [0.2, 0.25) is 0 Å².